The minimum absolute atomic E-state index is 0.153. The summed E-state index contributed by atoms with van der Waals surface area (Å²) in [7, 11) is -2.94. The van der Waals surface area contributed by atoms with Crippen molar-refractivity contribution in [3.8, 4) is 22.6 Å². The van der Waals surface area contributed by atoms with Crippen LogP contribution in [0.3, 0.4) is 0 Å². The molecule has 1 aliphatic heterocycles. The largest absolute Gasteiger partial charge is 0.368 e. The Bertz CT molecular complexity index is 1470. The predicted octanol–water partition coefficient (Wildman–Crippen LogP) is 2.88. The van der Waals surface area contributed by atoms with Crippen molar-refractivity contribution in [3.63, 3.8) is 0 Å². The summed E-state index contributed by atoms with van der Waals surface area (Å²) in [6.45, 7) is 0.901. The number of pyridine rings is 1. The van der Waals surface area contributed by atoms with Gasteiger partial charge in [-0.2, -0.15) is 4.98 Å². The fourth-order valence-electron chi connectivity index (χ4n) is 4.82. The highest BCUT2D eigenvalue weighted by Crippen LogP contribution is 2.48. The zero-order valence-electron chi connectivity index (χ0n) is 19.5. The van der Waals surface area contributed by atoms with Crippen LogP contribution in [0.4, 0.5) is 11.8 Å². The molecule has 4 heterocycles. The number of hydrogen-bond donors (Lipinski definition) is 1. The summed E-state index contributed by atoms with van der Waals surface area (Å²) in [6.07, 6.45) is 8.13. The molecule has 2 N–H and O–H groups in total. The average molecular weight is 504 g/mol. The van der Waals surface area contributed by atoms with Gasteiger partial charge in [-0.05, 0) is 36.1 Å². The molecule has 1 saturated carbocycles. The van der Waals surface area contributed by atoms with Crippen LogP contribution < -0.4 is 10.6 Å². The molecule has 3 aromatic heterocycles. The van der Waals surface area contributed by atoms with Crippen LogP contribution in [0.2, 0.25) is 0 Å². The molecule has 184 valence electrons. The van der Waals surface area contributed by atoms with E-state index in [4.69, 9.17) is 15.2 Å². The van der Waals surface area contributed by atoms with E-state index in [1.165, 1.54) is 0 Å². The quantitative estimate of drug-likeness (QED) is 0.432. The molecular weight excluding hydrogens is 478 g/mol. The molecule has 36 heavy (non-hydrogen) atoms. The summed E-state index contributed by atoms with van der Waals surface area (Å²) in [4.78, 5) is 19.4. The van der Waals surface area contributed by atoms with E-state index < -0.39 is 9.84 Å². The normalized spacial score (nSPS) is 18.5. The summed E-state index contributed by atoms with van der Waals surface area (Å²) < 4.78 is 29.0. The lowest BCUT2D eigenvalue weighted by atomic mass is 9.64. The Morgan fingerprint density at radius 3 is 2.14 bits per heavy atom. The van der Waals surface area contributed by atoms with E-state index in [0.29, 0.717) is 24.8 Å². The predicted molar refractivity (Wildman–Crippen MR) is 135 cm³/mol. The summed E-state index contributed by atoms with van der Waals surface area (Å²) in [6, 6.07) is 12.1. The van der Waals surface area contributed by atoms with Crippen molar-refractivity contribution in [2.45, 2.75) is 24.7 Å². The van der Waals surface area contributed by atoms with Crippen LogP contribution in [0.15, 0.2) is 59.5 Å². The Kier molecular flexibility index (Phi) is 5.44. The smallest absolute Gasteiger partial charge is 0.259 e. The van der Waals surface area contributed by atoms with Gasteiger partial charge >= 0.3 is 0 Å². The summed E-state index contributed by atoms with van der Waals surface area (Å²) in [5, 5.41) is 4.36. The van der Waals surface area contributed by atoms with Gasteiger partial charge in [0, 0.05) is 37.2 Å². The topological polar surface area (TPSA) is 141 Å². The molecule has 2 fully saturated rings. The first-order valence-electron chi connectivity index (χ1n) is 11.9. The highest BCUT2D eigenvalue weighted by atomic mass is 32.2. The molecule has 1 saturated heterocycles. The monoisotopic (exact) mass is 503 g/mol. The summed E-state index contributed by atoms with van der Waals surface area (Å²) in [5.74, 6) is 2.41. The van der Waals surface area contributed by atoms with Crippen molar-refractivity contribution in [1.29, 1.82) is 0 Å². The number of rotatable bonds is 5. The van der Waals surface area contributed by atoms with Gasteiger partial charge in [-0.3, -0.25) is 0 Å². The number of hydrogen-bond acceptors (Lipinski definition) is 10. The molecule has 2 aliphatic rings. The SMILES string of the molecule is Nc1ncc(-c2ccc(C3(c4noc(-c5ccc(N6CCS(=O)(=O)CC6)nc5)n4)CCC3)cc2)cn1. The van der Waals surface area contributed by atoms with E-state index >= 15 is 0 Å². The Balaban J connectivity index is 1.22. The molecule has 0 unspecified atom stereocenters. The molecule has 6 rings (SSSR count). The van der Waals surface area contributed by atoms with E-state index in [9.17, 15) is 8.42 Å². The average Bonchev–Trinajstić information content (AvgIpc) is 3.35. The molecule has 0 amide bonds. The van der Waals surface area contributed by atoms with Gasteiger partial charge in [0.05, 0.1) is 22.5 Å². The van der Waals surface area contributed by atoms with Crippen LogP contribution in [-0.2, 0) is 15.3 Å². The van der Waals surface area contributed by atoms with E-state index in [2.05, 4.69) is 44.4 Å². The van der Waals surface area contributed by atoms with E-state index in [1.54, 1.807) is 18.6 Å². The molecular formula is C25H25N7O3S. The third-order valence-electron chi connectivity index (χ3n) is 7.17. The number of benzene rings is 1. The lowest BCUT2D eigenvalue weighted by molar-refractivity contribution is 0.273. The number of nitrogens with zero attached hydrogens (tertiary/aromatic N) is 6. The van der Waals surface area contributed by atoms with Crippen LogP contribution >= 0.6 is 0 Å². The van der Waals surface area contributed by atoms with Crippen LogP contribution in [-0.4, -0.2) is 58.1 Å². The van der Waals surface area contributed by atoms with Gasteiger partial charge in [-0.25, -0.2) is 23.4 Å². The molecule has 10 nitrogen and oxygen atoms in total. The Morgan fingerprint density at radius 1 is 0.861 bits per heavy atom. The zero-order valence-corrected chi connectivity index (χ0v) is 20.4. The molecule has 0 radical (unpaired) electrons. The van der Waals surface area contributed by atoms with Crippen LogP contribution in [0, 0.1) is 0 Å². The van der Waals surface area contributed by atoms with Crippen molar-refractivity contribution in [2.75, 3.05) is 35.2 Å². The van der Waals surface area contributed by atoms with Crippen molar-refractivity contribution in [2.24, 2.45) is 0 Å². The van der Waals surface area contributed by atoms with Gasteiger partial charge in [0.25, 0.3) is 5.89 Å². The first-order valence-corrected chi connectivity index (χ1v) is 13.7. The Labute approximate surface area is 208 Å². The van der Waals surface area contributed by atoms with E-state index in [-0.39, 0.29) is 22.9 Å². The highest BCUT2D eigenvalue weighted by Gasteiger charge is 2.44. The van der Waals surface area contributed by atoms with Gasteiger partial charge in [0.1, 0.15) is 5.82 Å². The maximum atomic E-state index is 11.7. The molecule has 4 aromatic rings. The van der Waals surface area contributed by atoms with Gasteiger partial charge in [0.2, 0.25) is 5.95 Å². The second-order valence-corrected chi connectivity index (χ2v) is 11.6. The molecule has 1 aliphatic carbocycles. The van der Waals surface area contributed by atoms with E-state index in [0.717, 1.165) is 47.3 Å². The van der Waals surface area contributed by atoms with Crippen LogP contribution in [0.1, 0.15) is 30.7 Å². The first-order chi connectivity index (χ1) is 17.4. The lowest BCUT2D eigenvalue weighted by Gasteiger charge is -2.39. The molecule has 0 bridgehead atoms. The third-order valence-corrected chi connectivity index (χ3v) is 8.78. The number of nitrogen functional groups attached to an aromatic ring is 1. The highest BCUT2D eigenvalue weighted by molar-refractivity contribution is 7.91. The second-order valence-electron chi connectivity index (χ2n) is 9.31. The molecule has 11 heteroatoms. The van der Waals surface area contributed by atoms with Gasteiger partial charge < -0.3 is 15.2 Å². The van der Waals surface area contributed by atoms with Crippen LogP contribution in [0.25, 0.3) is 22.6 Å². The maximum absolute atomic E-state index is 11.7. The minimum atomic E-state index is -2.94. The number of aromatic nitrogens is 5. The van der Waals surface area contributed by atoms with Crippen molar-refractivity contribution >= 4 is 21.6 Å². The number of sulfone groups is 1. The van der Waals surface area contributed by atoms with Crippen LogP contribution in [0.5, 0.6) is 0 Å². The fourth-order valence-corrected chi connectivity index (χ4v) is 6.02. The standard InChI is InChI=1S/C25H25N7O3S/c26-24-28-15-19(16-29-24)17-2-5-20(6-3-17)25(8-1-9-25)23-30-22(35-31-23)18-4-7-21(27-14-18)32-10-12-36(33,34)13-11-32/h2-7,14-16H,1,8-13H2,(H2,26,28,29). The van der Waals surface area contributed by atoms with Gasteiger partial charge in [-0.1, -0.05) is 35.8 Å². The van der Waals surface area contributed by atoms with Gasteiger partial charge in [0.15, 0.2) is 15.7 Å². The summed E-state index contributed by atoms with van der Waals surface area (Å²) >= 11 is 0. The minimum Gasteiger partial charge on any atom is -0.368 e. The molecule has 0 atom stereocenters. The zero-order chi connectivity index (χ0) is 24.8. The number of anilines is 2. The van der Waals surface area contributed by atoms with Crippen molar-refractivity contribution < 1.29 is 12.9 Å². The van der Waals surface area contributed by atoms with Crippen molar-refractivity contribution in [3.05, 3.63) is 66.4 Å². The fraction of sp³-hybridized carbons (Fsp3) is 0.320. The third kappa shape index (κ3) is 4.09. The van der Waals surface area contributed by atoms with E-state index in [1.807, 2.05) is 17.0 Å². The molecule has 0 spiro atoms. The Morgan fingerprint density at radius 2 is 1.53 bits per heavy atom. The lowest BCUT2D eigenvalue weighted by Crippen LogP contribution is -2.40. The molecule has 1 aromatic carbocycles. The number of nitrogens with two attached hydrogens (primary N) is 1. The van der Waals surface area contributed by atoms with Crippen molar-refractivity contribution in [1.82, 2.24) is 25.1 Å². The first kappa shape index (κ1) is 22.6. The Hall–Kier alpha value is -3.86. The maximum Gasteiger partial charge on any atom is 0.259 e. The van der Waals surface area contributed by atoms with Gasteiger partial charge in [-0.15, -0.1) is 0 Å². The second kappa shape index (κ2) is 8.66. The summed E-state index contributed by atoms with van der Waals surface area (Å²) in [5.41, 5.74) is 9.12.